The number of pyridine rings is 1. The zero-order valence-electron chi connectivity index (χ0n) is 19.6. The fourth-order valence-electron chi connectivity index (χ4n) is 3.70. The van der Waals surface area contributed by atoms with Crippen LogP contribution < -0.4 is 10.2 Å². The Labute approximate surface area is 198 Å². The fourth-order valence-corrected chi connectivity index (χ4v) is 4.36. The van der Waals surface area contributed by atoms with E-state index in [1.807, 2.05) is 49.9 Å². The van der Waals surface area contributed by atoms with E-state index in [0.29, 0.717) is 6.54 Å². The van der Waals surface area contributed by atoms with Gasteiger partial charge >= 0.3 is 0 Å². The first kappa shape index (κ1) is 24.5. The van der Waals surface area contributed by atoms with E-state index in [1.54, 1.807) is 13.3 Å². The molecule has 8 nitrogen and oxygen atoms in total. The molecule has 0 bridgehead atoms. The first-order valence-electron chi connectivity index (χ1n) is 10.8. The summed E-state index contributed by atoms with van der Waals surface area (Å²) in [6, 6.07) is 8.01. The Balaban J connectivity index is 0.000000968. The van der Waals surface area contributed by atoms with Crippen molar-refractivity contribution in [3.05, 3.63) is 53.1 Å². The molecule has 9 heteroatoms. The molecular weight excluding hydrogens is 438 g/mol. The lowest BCUT2D eigenvalue weighted by Crippen LogP contribution is -2.34. The molecule has 33 heavy (non-hydrogen) atoms. The van der Waals surface area contributed by atoms with Gasteiger partial charge in [0.1, 0.15) is 17.1 Å². The van der Waals surface area contributed by atoms with Gasteiger partial charge in [0.25, 0.3) is 0 Å². The minimum Gasteiger partial charge on any atom is -0.376 e. The normalized spacial score (nSPS) is 13.1. The Morgan fingerprint density at radius 2 is 2.09 bits per heavy atom. The Bertz CT molecular complexity index is 1130. The van der Waals surface area contributed by atoms with Crippen molar-refractivity contribution in [3.8, 4) is 10.6 Å². The number of fused-ring (bicyclic) bond motifs is 1. The van der Waals surface area contributed by atoms with Gasteiger partial charge in [-0.05, 0) is 63.3 Å². The van der Waals surface area contributed by atoms with E-state index < -0.39 is 0 Å². The summed E-state index contributed by atoms with van der Waals surface area (Å²) >= 11 is 1.38. The number of hydrogen-bond acceptors (Lipinski definition) is 8. The first-order chi connectivity index (χ1) is 15.9. The monoisotopic (exact) mass is 467 g/mol. The second-order valence-corrected chi connectivity index (χ2v) is 8.38. The zero-order valence-corrected chi connectivity index (χ0v) is 20.4. The van der Waals surface area contributed by atoms with Gasteiger partial charge in [-0.3, -0.25) is 9.78 Å². The Kier molecular flexibility index (Phi) is 8.24. The van der Waals surface area contributed by atoms with Crippen molar-refractivity contribution in [3.63, 3.8) is 0 Å². The summed E-state index contributed by atoms with van der Waals surface area (Å²) in [7, 11) is 1.67. The van der Waals surface area contributed by atoms with Gasteiger partial charge in [0.2, 0.25) is 5.91 Å². The summed E-state index contributed by atoms with van der Waals surface area (Å²) in [5, 5.41) is 4.19. The third-order valence-electron chi connectivity index (χ3n) is 5.42. The molecule has 1 N–H and O–H groups in total. The van der Waals surface area contributed by atoms with Crippen LogP contribution in [0.4, 0.5) is 11.4 Å². The Morgan fingerprint density at radius 1 is 1.33 bits per heavy atom. The van der Waals surface area contributed by atoms with Crippen LogP contribution in [0.5, 0.6) is 0 Å². The fraction of sp³-hybridized carbons (Fsp3) is 0.375. The highest BCUT2D eigenvalue weighted by Crippen LogP contribution is 2.33. The second-order valence-electron chi connectivity index (χ2n) is 7.63. The lowest BCUT2D eigenvalue weighted by molar-refractivity contribution is -0.116. The summed E-state index contributed by atoms with van der Waals surface area (Å²) in [6.07, 6.45) is 3.20. The lowest BCUT2D eigenvalue weighted by atomic mass is 10.1. The number of carbonyl (C=O) groups excluding carboxylic acids is 2. The topological polar surface area (TPSA) is 97.3 Å². The number of carbonyl (C=O) groups is 2. The number of aryl methyl sites for hydroxylation is 2. The van der Waals surface area contributed by atoms with E-state index in [2.05, 4.69) is 19.7 Å². The predicted molar refractivity (Wildman–Crippen MR) is 131 cm³/mol. The molecule has 174 valence electrons. The minimum absolute atomic E-state index is 0.0348. The number of benzene rings is 1. The van der Waals surface area contributed by atoms with E-state index in [4.69, 9.17) is 9.53 Å². The molecule has 4 rings (SSSR count). The average Bonchev–Trinajstić information content (AvgIpc) is 3.44. The average molecular weight is 468 g/mol. The molecule has 1 aliphatic heterocycles. The van der Waals surface area contributed by atoms with Crippen LogP contribution in [0, 0.1) is 13.8 Å². The molecule has 1 aromatic carbocycles. The number of anilines is 2. The summed E-state index contributed by atoms with van der Waals surface area (Å²) < 4.78 is 9.69. The molecule has 3 aromatic rings. The zero-order chi connectivity index (χ0) is 24.0. The van der Waals surface area contributed by atoms with Crippen LogP contribution in [-0.4, -0.2) is 46.7 Å². The number of ether oxygens (including phenoxy) is 1. The van der Waals surface area contributed by atoms with Gasteiger partial charge in [-0.2, -0.15) is 4.37 Å². The smallest absolute Gasteiger partial charge is 0.246 e. The maximum Gasteiger partial charge on any atom is 0.246 e. The van der Waals surface area contributed by atoms with Crippen molar-refractivity contribution in [1.82, 2.24) is 14.3 Å². The van der Waals surface area contributed by atoms with Crippen molar-refractivity contribution in [2.24, 2.45) is 0 Å². The molecule has 1 atom stereocenters. The molecule has 0 radical (unpaired) electrons. The van der Waals surface area contributed by atoms with Crippen molar-refractivity contribution < 1.29 is 14.3 Å². The van der Waals surface area contributed by atoms with Gasteiger partial charge in [0.05, 0.1) is 24.0 Å². The van der Waals surface area contributed by atoms with E-state index >= 15 is 0 Å². The molecule has 2 aromatic heterocycles. The summed E-state index contributed by atoms with van der Waals surface area (Å²) in [4.78, 5) is 32.6. The van der Waals surface area contributed by atoms with E-state index in [1.165, 1.54) is 18.5 Å². The number of methoxy groups -OCH3 is 1. The molecule has 0 saturated heterocycles. The maximum absolute atomic E-state index is 13.0. The predicted octanol–water partition coefficient (Wildman–Crippen LogP) is 4.13. The standard InChI is InChI=1S/C22H25N5O2S.C2H4O/c1-13-5-6-16(22-25-15(3)26-30-22)11-18(13)24-12-20(28)27-10-8-17-19(27)7-9-23-21(17)14(2)29-4;1-2-3/h5-7,9,11,14,24H,8,10,12H2,1-4H3;2H,1H3. The van der Waals surface area contributed by atoms with Crippen LogP contribution in [0.2, 0.25) is 0 Å². The molecular formula is C24H29N5O3S. The minimum atomic E-state index is -0.0949. The number of rotatable bonds is 6. The van der Waals surface area contributed by atoms with Crippen LogP contribution >= 0.6 is 11.5 Å². The quantitative estimate of drug-likeness (QED) is 0.544. The number of nitrogens with one attached hydrogen (secondary N) is 1. The SMILES string of the molecule is CC=O.COC(C)c1nccc2c1CCN2C(=O)CNc1cc(-c2nc(C)ns2)ccc1C. The summed E-state index contributed by atoms with van der Waals surface area (Å²) in [5.74, 6) is 0.803. The largest absolute Gasteiger partial charge is 0.376 e. The second kappa shape index (κ2) is 11.1. The van der Waals surface area contributed by atoms with Crippen LogP contribution in [0.1, 0.15) is 42.6 Å². The number of amides is 1. The number of aldehydes is 1. The number of nitrogens with zero attached hydrogens (tertiary/aromatic N) is 4. The Morgan fingerprint density at radius 3 is 2.76 bits per heavy atom. The van der Waals surface area contributed by atoms with Crippen molar-refractivity contribution in [2.75, 3.05) is 30.4 Å². The highest BCUT2D eigenvalue weighted by atomic mass is 32.1. The van der Waals surface area contributed by atoms with Crippen LogP contribution in [-0.2, 0) is 20.7 Å². The van der Waals surface area contributed by atoms with Gasteiger partial charge in [-0.1, -0.05) is 12.1 Å². The van der Waals surface area contributed by atoms with E-state index in [-0.39, 0.29) is 18.6 Å². The Hall–Kier alpha value is -3.17. The molecule has 3 heterocycles. The first-order valence-corrected chi connectivity index (χ1v) is 11.5. The third kappa shape index (κ3) is 5.61. The van der Waals surface area contributed by atoms with Crippen molar-refractivity contribution in [1.29, 1.82) is 0 Å². The van der Waals surface area contributed by atoms with Gasteiger partial charge in [0.15, 0.2) is 0 Å². The van der Waals surface area contributed by atoms with E-state index in [9.17, 15) is 4.79 Å². The van der Waals surface area contributed by atoms with Gasteiger partial charge in [-0.25, -0.2) is 4.98 Å². The van der Waals surface area contributed by atoms with Gasteiger partial charge in [-0.15, -0.1) is 0 Å². The molecule has 0 fully saturated rings. The number of aromatic nitrogens is 3. The van der Waals surface area contributed by atoms with Crippen molar-refractivity contribution in [2.45, 2.75) is 40.2 Å². The maximum atomic E-state index is 13.0. The van der Waals surface area contributed by atoms with Crippen LogP contribution in [0.15, 0.2) is 30.5 Å². The van der Waals surface area contributed by atoms with E-state index in [0.717, 1.165) is 57.3 Å². The third-order valence-corrected chi connectivity index (χ3v) is 6.28. The molecule has 0 saturated carbocycles. The summed E-state index contributed by atoms with van der Waals surface area (Å²) in [5.41, 5.74) is 5.95. The highest BCUT2D eigenvalue weighted by molar-refractivity contribution is 7.09. The van der Waals surface area contributed by atoms with Gasteiger partial charge in [0, 0.05) is 36.7 Å². The van der Waals surface area contributed by atoms with Gasteiger partial charge < -0.3 is 19.7 Å². The molecule has 0 aliphatic carbocycles. The lowest BCUT2D eigenvalue weighted by Gasteiger charge is -2.19. The van der Waals surface area contributed by atoms with Crippen LogP contribution in [0.3, 0.4) is 0 Å². The molecule has 1 amide bonds. The van der Waals surface area contributed by atoms with Crippen molar-refractivity contribution >= 4 is 35.1 Å². The highest BCUT2D eigenvalue weighted by Gasteiger charge is 2.28. The molecule has 1 aliphatic rings. The molecule has 0 spiro atoms. The molecule has 1 unspecified atom stereocenters. The number of hydrogen-bond donors (Lipinski definition) is 1. The summed E-state index contributed by atoms with van der Waals surface area (Å²) in [6.45, 7) is 8.21. The van der Waals surface area contributed by atoms with Crippen LogP contribution in [0.25, 0.3) is 10.6 Å².